The summed E-state index contributed by atoms with van der Waals surface area (Å²) in [5.74, 6) is 1.40. The third-order valence-electron chi connectivity index (χ3n) is 3.98. The van der Waals surface area contributed by atoms with E-state index in [0.717, 1.165) is 24.4 Å². The molecule has 0 aromatic heterocycles. The van der Waals surface area contributed by atoms with Crippen molar-refractivity contribution in [3.8, 4) is 11.5 Å². The van der Waals surface area contributed by atoms with Gasteiger partial charge in [-0.05, 0) is 45.1 Å². The van der Waals surface area contributed by atoms with E-state index in [4.69, 9.17) is 9.47 Å². The molecule has 1 N–H and O–H groups in total. The van der Waals surface area contributed by atoms with E-state index in [-0.39, 0.29) is 5.54 Å². The van der Waals surface area contributed by atoms with Crippen molar-refractivity contribution in [3.05, 3.63) is 23.8 Å². The van der Waals surface area contributed by atoms with Crippen molar-refractivity contribution < 1.29 is 14.6 Å². The van der Waals surface area contributed by atoms with Crippen LogP contribution in [0.2, 0.25) is 0 Å². The lowest BCUT2D eigenvalue weighted by molar-refractivity contribution is -0.00751. The number of hydrogen-bond donors (Lipinski definition) is 1. The van der Waals surface area contributed by atoms with Crippen LogP contribution in [0.3, 0.4) is 0 Å². The number of aliphatic hydroxyl groups excluding tert-OH is 1. The van der Waals surface area contributed by atoms with Crippen LogP contribution in [0.25, 0.3) is 0 Å². The molecule has 4 heteroatoms. The Kier molecular flexibility index (Phi) is 5.84. The summed E-state index contributed by atoms with van der Waals surface area (Å²) in [5, 5.41) is 10.8. The molecular weight excluding hydrogens is 254 g/mol. The van der Waals surface area contributed by atoms with E-state index in [1.54, 1.807) is 14.2 Å². The van der Waals surface area contributed by atoms with Crippen molar-refractivity contribution in [3.63, 3.8) is 0 Å². The maximum Gasteiger partial charge on any atom is 0.125 e. The van der Waals surface area contributed by atoms with Gasteiger partial charge >= 0.3 is 0 Å². The number of nitrogens with zero attached hydrogens (tertiary/aromatic N) is 1. The van der Waals surface area contributed by atoms with Gasteiger partial charge < -0.3 is 14.6 Å². The average molecular weight is 281 g/mol. The zero-order valence-electron chi connectivity index (χ0n) is 13.4. The molecule has 0 heterocycles. The molecule has 0 spiro atoms. The van der Waals surface area contributed by atoms with E-state index in [1.807, 2.05) is 32.0 Å². The molecule has 0 amide bonds. The van der Waals surface area contributed by atoms with E-state index >= 15 is 0 Å². The lowest BCUT2D eigenvalue weighted by atomic mass is 9.88. The smallest absolute Gasteiger partial charge is 0.125 e. The Balaban J connectivity index is 3.21. The standard InChI is InChI=1S/C16H27NO3/c1-7-17(8-2)16(3,4)15(18)13-11-12(19-5)9-10-14(13)20-6/h9-11,15,18H,7-8H2,1-6H3. The highest BCUT2D eigenvalue weighted by Gasteiger charge is 2.35. The quantitative estimate of drug-likeness (QED) is 0.834. The van der Waals surface area contributed by atoms with Gasteiger partial charge in [0.05, 0.1) is 14.2 Å². The number of likely N-dealkylation sites (N-methyl/N-ethyl adjacent to an activating group) is 1. The van der Waals surface area contributed by atoms with Gasteiger partial charge in [0.15, 0.2) is 0 Å². The van der Waals surface area contributed by atoms with E-state index in [2.05, 4.69) is 18.7 Å². The molecule has 114 valence electrons. The minimum atomic E-state index is -0.660. The first-order valence-corrected chi connectivity index (χ1v) is 7.07. The summed E-state index contributed by atoms with van der Waals surface area (Å²) < 4.78 is 10.6. The molecule has 1 rings (SSSR count). The number of methoxy groups -OCH3 is 2. The fourth-order valence-electron chi connectivity index (χ4n) is 2.65. The number of aliphatic hydroxyl groups is 1. The van der Waals surface area contributed by atoms with Crippen molar-refractivity contribution in [2.45, 2.75) is 39.3 Å². The van der Waals surface area contributed by atoms with Crippen molar-refractivity contribution in [2.24, 2.45) is 0 Å². The maximum atomic E-state index is 10.8. The van der Waals surface area contributed by atoms with Gasteiger partial charge in [-0.1, -0.05) is 13.8 Å². The van der Waals surface area contributed by atoms with Crippen LogP contribution in [-0.2, 0) is 0 Å². The lowest BCUT2D eigenvalue weighted by Crippen LogP contribution is -2.48. The van der Waals surface area contributed by atoms with Crippen molar-refractivity contribution in [2.75, 3.05) is 27.3 Å². The van der Waals surface area contributed by atoms with Crippen molar-refractivity contribution in [1.82, 2.24) is 4.90 Å². The topological polar surface area (TPSA) is 41.9 Å². The Hall–Kier alpha value is -1.26. The highest BCUT2D eigenvalue weighted by Crippen LogP contribution is 2.37. The van der Waals surface area contributed by atoms with Crippen LogP contribution >= 0.6 is 0 Å². The second-order valence-electron chi connectivity index (χ2n) is 5.34. The summed E-state index contributed by atoms with van der Waals surface area (Å²) in [7, 11) is 3.23. The Morgan fingerprint density at radius 1 is 1.15 bits per heavy atom. The summed E-state index contributed by atoms with van der Waals surface area (Å²) in [5.41, 5.74) is 0.368. The van der Waals surface area contributed by atoms with E-state index in [1.165, 1.54) is 0 Å². The third kappa shape index (κ3) is 3.25. The van der Waals surface area contributed by atoms with Gasteiger partial charge in [0.2, 0.25) is 0 Å². The van der Waals surface area contributed by atoms with Gasteiger partial charge in [0, 0.05) is 11.1 Å². The summed E-state index contributed by atoms with van der Waals surface area (Å²) in [4.78, 5) is 2.23. The molecule has 0 saturated heterocycles. The van der Waals surface area contributed by atoms with Crippen LogP contribution in [0.15, 0.2) is 18.2 Å². The van der Waals surface area contributed by atoms with Gasteiger partial charge in [-0.25, -0.2) is 0 Å². The van der Waals surface area contributed by atoms with E-state index in [0.29, 0.717) is 5.75 Å². The largest absolute Gasteiger partial charge is 0.497 e. The van der Waals surface area contributed by atoms with Gasteiger partial charge in [-0.3, -0.25) is 4.90 Å². The average Bonchev–Trinajstić information content (AvgIpc) is 2.46. The van der Waals surface area contributed by atoms with Crippen molar-refractivity contribution >= 4 is 0 Å². The minimum absolute atomic E-state index is 0.386. The second-order valence-corrected chi connectivity index (χ2v) is 5.34. The van der Waals surface area contributed by atoms with Gasteiger partial charge in [0.1, 0.15) is 17.6 Å². The molecule has 0 bridgehead atoms. The Morgan fingerprint density at radius 3 is 2.20 bits per heavy atom. The van der Waals surface area contributed by atoms with E-state index in [9.17, 15) is 5.11 Å². The molecule has 1 atom stereocenters. The SMILES string of the molecule is CCN(CC)C(C)(C)C(O)c1cc(OC)ccc1OC. The van der Waals surface area contributed by atoms with Crippen LogP contribution in [0.1, 0.15) is 39.4 Å². The zero-order valence-corrected chi connectivity index (χ0v) is 13.4. The van der Waals surface area contributed by atoms with Crippen LogP contribution in [0.4, 0.5) is 0 Å². The highest BCUT2D eigenvalue weighted by molar-refractivity contribution is 5.42. The third-order valence-corrected chi connectivity index (χ3v) is 3.98. The number of hydrogen-bond acceptors (Lipinski definition) is 4. The predicted molar refractivity (Wildman–Crippen MR) is 81.5 cm³/mol. The van der Waals surface area contributed by atoms with Crippen LogP contribution in [-0.4, -0.2) is 42.9 Å². The van der Waals surface area contributed by atoms with Crippen LogP contribution < -0.4 is 9.47 Å². The number of benzene rings is 1. The first-order chi connectivity index (χ1) is 9.42. The second kappa shape index (κ2) is 6.95. The maximum absolute atomic E-state index is 10.8. The van der Waals surface area contributed by atoms with E-state index < -0.39 is 6.10 Å². The lowest BCUT2D eigenvalue weighted by Gasteiger charge is -2.41. The molecule has 4 nitrogen and oxygen atoms in total. The molecular formula is C16H27NO3. The van der Waals surface area contributed by atoms with Crippen LogP contribution in [0.5, 0.6) is 11.5 Å². The summed E-state index contributed by atoms with van der Waals surface area (Å²) in [6.07, 6.45) is -0.660. The fraction of sp³-hybridized carbons (Fsp3) is 0.625. The molecule has 0 saturated carbocycles. The minimum Gasteiger partial charge on any atom is -0.497 e. The summed E-state index contributed by atoms with van der Waals surface area (Å²) in [6, 6.07) is 5.50. The Morgan fingerprint density at radius 2 is 1.75 bits per heavy atom. The fourth-order valence-corrected chi connectivity index (χ4v) is 2.65. The Bertz CT molecular complexity index is 428. The van der Waals surface area contributed by atoms with Gasteiger partial charge in [0.25, 0.3) is 0 Å². The first-order valence-electron chi connectivity index (χ1n) is 7.07. The molecule has 0 aliphatic rings. The molecule has 0 fully saturated rings. The van der Waals surface area contributed by atoms with Crippen LogP contribution in [0, 0.1) is 0 Å². The number of ether oxygens (including phenoxy) is 2. The van der Waals surface area contributed by atoms with Gasteiger partial charge in [-0.2, -0.15) is 0 Å². The molecule has 1 aromatic carbocycles. The number of rotatable bonds is 7. The van der Waals surface area contributed by atoms with Crippen molar-refractivity contribution in [1.29, 1.82) is 0 Å². The normalized spacial score (nSPS) is 13.4. The molecule has 1 unspecified atom stereocenters. The monoisotopic (exact) mass is 281 g/mol. The highest BCUT2D eigenvalue weighted by atomic mass is 16.5. The molecule has 1 aromatic rings. The Labute approximate surface area is 122 Å². The zero-order chi connectivity index (χ0) is 15.3. The summed E-state index contributed by atoms with van der Waals surface area (Å²) in [6.45, 7) is 10.1. The molecule has 0 radical (unpaired) electrons. The summed E-state index contributed by atoms with van der Waals surface area (Å²) >= 11 is 0. The molecule has 0 aliphatic carbocycles. The predicted octanol–water partition coefficient (Wildman–Crippen LogP) is 2.86. The molecule has 20 heavy (non-hydrogen) atoms. The van der Waals surface area contributed by atoms with Gasteiger partial charge in [-0.15, -0.1) is 0 Å². The first kappa shape index (κ1) is 16.8. The molecule has 0 aliphatic heterocycles.